The summed E-state index contributed by atoms with van der Waals surface area (Å²) < 4.78 is 36.1. The molecule has 29 heavy (non-hydrogen) atoms. The van der Waals surface area contributed by atoms with Gasteiger partial charge in [0.25, 0.3) is 5.91 Å². The Labute approximate surface area is 169 Å². The van der Waals surface area contributed by atoms with Crippen molar-refractivity contribution in [1.29, 1.82) is 0 Å². The highest BCUT2D eigenvalue weighted by Crippen LogP contribution is 2.31. The number of rotatable bonds is 7. The average Bonchev–Trinajstić information content (AvgIpc) is 2.71. The summed E-state index contributed by atoms with van der Waals surface area (Å²) >= 11 is 0. The van der Waals surface area contributed by atoms with Gasteiger partial charge in [-0.1, -0.05) is 12.1 Å². The van der Waals surface area contributed by atoms with Gasteiger partial charge in [-0.2, -0.15) is 0 Å². The number of amides is 2. The minimum absolute atomic E-state index is 0.0394. The van der Waals surface area contributed by atoms with E-state index in [0.29, 0.717) is 29.5 Å². The second kappa shape index (κ2) is 8.52. The van der Waals surface area contributed by atoms with Crippen LogP contribution in [-0.4, -0.2) is 46.2 Å². The largest absolute Gasteiger partial charge is 0.492 e. The molecule has 1 N–H and O–H groups in total. The molecule has 0 radical (unpaired) electrons. The van der Waals surface area contributed by atoms with Gasteiger partial charge >= 0.3 is 0 Å². The van der Waals surface area contributed by atoms with Crippen LogP contribution in [-0.2, 0) is 19.4 Å². The van der Waals surface area contributed by atoms with Gasteiger partial charge in [-0.25, -0.2) is 8.42 Å². The monoisotopic (exact) mass is 418 g/mol. The summed E-state index contributed by atoms with van der Waals surface area (Å²) in [7, 11) is -2.12. The fraction of sp³-hybridized carbons (Fsp3) is 0.300. The van der Waals surface area contributed by atoms with Gasteiger partial charge < -0.3 is 19.7 Å². The molecule has 3 rings (SSSR count). The maximum atomic E-state index is 12.7. The molecule has 0 saturated heterocycles. The summed E-state index contributed by atoms with van der Waals surface area (Å²) in [4.78, 5) is 25.3. The number of carbonyl (C=O) groups is 2. The van der Waals surface area contributed by atoms with Gasteiger partial charge in [-0.3, -0.25) is 9.59 Å². The molecule has 1 aliphatic heterocycles. The fourth-order valence-electron chi connectivity index (χ4n) is 2.90. The first kappa shape index (κ1) is 20.7. The van der Waals surface area contributed by atoms with Gasteiger partial charge in [0.1, 0.15) is 11.5 Å². The van der Waals surface area contributed by atoms with Crippen LogP contribution < -0.4 is 19.7 Å². The molecule has 1 heterocycles. The van der Waals surface area contributed by atoms with E-state index >= 15 is 0 Å². The van der Waals surface area contributed by atoms with Gasteiger partial charge in [0.05, 0.1) is 28.6 Å². The van der Waals surface area contributed by atoms with E-state index in [4.69, 9.17) is 9.47 Å². The lowest BCUT2D eigenvalue weighted by molar-refractivity contribution is -0.119. The molecule has 0 aromatic heterocycles. The molecular weight excluding hydrogens is 396 g/mol. The van der Waals surface area contributed by atoms with Crippen molar-refractivity contribution in [3.05, 3.63) is 42.5 Å². The molecule has 9 heteroatoms. The summed E-state index contributed by atoms with van der Waals surface area (Å²) in [5, 5.41) is 2.61. The molecule has 0 fully saturated rings. The first-order chi connectivity index (χ1) is 13.8. The number of fused-ring (bicyclic) bond motifs is 1. The number of hydrogen-bond donors (Lipinski definition) is 1. The fourth-order valence-corrected chi connectivity index (χ4v) is 4.14. The van der Waals surface area contributed by atoms with E-state index in [1.165, 1.54) is 23.1 Å². The van der Waals surface area contributed by atoms with Crippen molar-refractivity contribution in [3.8, 4) is 11.5 Å². The highest BCUT2D eigenvalue weighted by atomic mass is 32.2. The van der Waals surface area contributed by atoms with Gasteiger partial charge in [-0.05, 0) is 31.2 Å². The summed E-state index contributed by atoms with van der Waals surface area (Å²) in [6.07, 6.45) is -0.187. The number of anilines is 2. The van der Waals surface area contributed by atoms with E-state index in [9.17, 15) is 18.0 Å². The maximum Gasteiger partial charge on any atom is 0.262 e. The highest BCUT2D eigenvalue weighted by molar-refractivity contribution is 7.91. The molecule has 154 valence electrons. The third-order valence-electron chi connectivity index (χ3n) is 4.43. The van der Waals surface area contributed by atoms with E-state index < -0.39 is 9.84 Å². The van der Waals surface area contributed by atoms with Crippen LogP contribution in [0.5, 0.6) is 11.5 Å². The lowest BCUT2D eigenvalue weighted by Crippen LogP contribution is -2.28. The van der Waals surface area contributed by atoms with Crippen molar-refractivity contribution in [2.75, 3.05) is 36.2 Å². The van der Waals surface area contributed by atoms with Crippen molar-refractivity contribution >= 4 is 33.0 Å². The lowest BCUT2D eigenvalue weighted by atomic mass is 10.2. The highest BCUT2D eigenvalue weighted by Gasteiger charge is 2.23. The molecule has 2 aromatic rings. The number of nitrogens with zero attached hydrogens (tertiary/aromatic N) is 1. The predicted octanol–water partition coefficient (Wildman–Crippen LogP) is 2.24. The van der Waals surface area contributed by atoms with Gasteiger partial charge in [-0.15, -0.1) is 0 Å². The standard InChI is InChI=1S/C20H22N2O6S/c1-3-27-17-7-5-4-6-16(17)22(2)20(24)10-11-29(25,26)14-8-9-15-18(12-14)28-13-19(23)21-15/h4-9,12H,3,10-11,13H2,1-2H3,(H,21,23). The number of benzene rings is 2. The minimum Gasteiger partial charge on any atom is -0.492 e. The quantitative estimate of drug-likeness (QED) is 0.740. The first-order valence-corrected chi connectivity index (χ1v) is 10.7. The molecule has 0 aliphatic carbocycles. The van der Waals surface area contributed by atoms with Crippen LogP contribution in [0.15, 0.2) is 47.4 Å². The van der Waals surface area contributed by atoms with Gasteiger partial charge in [0.2, 0.25) is 5.91 Å². The molecule has 0 bridgehead atoms. The molecule has 0 spiro atoms. The van der Waals surface area contributed by atoms with E-state index in [1.54, 1.807) is 31.3 Å². The topological polar surface area (TPSA) is 102 Å². The van der Waals surface area contributed by atoms with Gasteiger partial charge in [0.15, 0.2) is 16.4 Å². The van der Waals surface area contributed by atoms with E-state index in [2.05, 4.69) is 5.32 Å². The Bertz CT molecular complexity index is 1040. The van der Waals surface area contributed by atoms with Crippen LogP contribution in [0.2, 0.25) is 0 Å². The summed E-state index contributed by atoms with van der Waals surface area (Å²) in [6.45, 7) is 2.13. The zero-order valence-corrected chi connectivity index (χ0v) is 17.0. The zero-order valence-electron chi connectivity index (χ0n) is 16.2. The van der Waals surface area contributed by atoms with Crippen molar-refractivity contribution < 1.29 is 27.5 Å². The van der Waals surface area contributed by atoms with Crippen LogP contribution in [0.3, 0.4) is 0 Å². The predicted molar refractivity (Wildman–Crippen MR) is 108 cm³/mol. The lowest BCUT2D eigenvalue weighted by Gasteiger charge is -2.21. The minimum atomic E-state index is -3.71. The van der Waals surface area contributed by atoms with Gasteiger partial charge in [0, 0.05) is 19.5 Å². The molecular formula is C20H22N2O6S. The van der Waals surface area contributed by atoms with Crippen LogP contribution in [0, 0.1) is 0 Å². The molecule has 0 saturated carbocycles. The maximum absolute atomic E-state index is 12.7. The van der Waals surface area contributed by atoms with Crippen molar-refractivity contribution in [1.82, 2.24) is 0 Å². The number of nitrogens with one attached hydrogen (secondary N) is 1. The summed E-state index contributed by atoms with van der Waals surface area (Å²) in [5.41, 5.74) is 0.998. The molecule has 0 unspecified atom stereocenters. The first-order valence-electron chi connectivity index (χ1n) is 9.09. The Kier molecular flexibility index (Phi) is 6.07. The third-order valence-corrected chi connectivity index (χ3v) is 6.14. The average molecular weight is 418 g/mol. The second-order valence-corrected chi connectivity index (χ2v) is 8.53. The second-order valence-electron chi connectivity index (χ2n) is 6.42. The molecule has 0 atom stereocenters. The molecule has 2 amide bonds. The zero-order chi connectivity index (χ0) is 21.0. The summed E-state index contributed by atoms with van der Waals surface area (Å²) in [6, 6.07) is 11.3. The summed E-state index contributed by atoms with van der Waals surface area (Å²) in [5.74, 6) is -0.142. The normalized spacial score (nSPS) is 13.1. The smallest absolute Gasteiger partial charge is 0.262 e. The Morgan fingerprint density at radius 3 is 2.76 bits per heavy atom. The molecule has 1 aliphatic rings. The number of ether oxygens (including phenoxy) is 2. The van der Waals surface area contributed by atoms with E-state index in [0.717, 1.165) is 0 Å². The Hall–Kier alpha value is -3.07. The number of hydrogen-bond acceptors (Lipinski definition) is 6. The van der Waals surface area contributed by atoms with Crippen LogP contribution >= 0.6 is 0 Å². The van der Waals surface area contributed by atoms with E-state index in [1.807, 2.05) is 6.92 Å². The number of carbonyl (C=O) groups excluding carboxylic acids is 2. The number of sulfone groups is 1. The molecule has 8 nitrogen and oxygen atoms in total. The van der Waals surface area contributed by atoms with Crippen molar-refractivity contribution in [2.24, 2.45) is 0 Å². The Balaban J connectivity index is 1.70. The Morgan fingerprint density at radius 2 is 2.00 bits per heavy atom. The third kappa shape index (κ3) is 4.68. The SMILES string of the molecule is CCOc1ccccc1N(C)C(=O)CCS(=O)(=O)c1ccc2c(c1)OCC(=O)N2. The van der Waals surface area contributed by atoms with Crippen LogP contribution in [0.1, 0.15) is 13.3 Å². The van der Waals surface area contributed by atoms with Crippen LogP contribution in [0.25, 0.3) is 0 Å². The Morgan fingerprint density at radius 1 is 1.24 bits per heavy atom. The van der Waals surface area contributed by atoms with E-state index in [-0.39, 0.29) is 35.5 Å². The number of para-hydroxylation sites is 2. The van der Waals surface area contributed by atoms with Crippen molar-refractivity contribution in [2.45, 2.75) is 18.2 Å². The van der Waals surface area contributed by atoms with Crippen LogP contribution in [0.4, 0.5) is 11.4 Å². The van der Waals surface area contributed by atoms with Crippen molar-refractivity contribution in [3.63, 3.8) is 0 Å². The molecule has 2 aromatic carbocycles.